The Morgan fingerprint density at radius 1 is 1.35 bits per heavy atom. The molecule has 0 radical (unpaired) electrons. The van der Waals surface area contributed by atoms with Crippen LogP contribution in [0, 0.1) is 6.92 Å². The average Bonchev–Trinajstić information content (AvgIpc) is 2.82. The van der Waals surface area contributed by atoms with Crippen molar-refractivity contribution >= 4 is 0 Å². The van der Waals surface area contributed by atoms with E-state index in [9.17, 15) is 0 Å². The second-order valence-electron chi connectivity index (χ2n) is 4.52. The highest BCUT2D eigenvalue weighted by Gasteiger charge is 2.11. The maximum Gasteiger partial charge on any atom is 0.218 e. The van der Waals surface area contributed by atoms with Gasteiger partial charge in [0.2, 0.25) is 5.88 Å². The van der Waals surface area contributed by atoms with Gasteiger partial charge in [0, 0.05) is 24.3 Å². The van der Waals surface area contributed by atoms with Crippen molar-refractivity contribution in [3.05, 3.63) is 23.4 Å². The average molecular weight is 235 g/mol. The van der Waals surface area contributed by atoms with E-state index < -0.39 is 0 Å². The minimum absolute atomic E-state index is 0.478. The van der Waals surface area contributed by atoms with Crippen LogP contribution in [0.4, 0.5) is 0 Å². The van der Waals surface area contributed by atoms with Gasteiger partial charge in [-0.15, -0.1) is 0 Å². The Morgan fingerprint density at radius 3 is 2.82 bits per heavy atom. The van der Waals surface area contributed by atoms with E-state index in [0.717, 1.165) is 17.8 Å². The number of hydrogen-bond donors (Lipinski definition) is 1. The maximum atomic E-state index is 5.74. The van der Waals surface area contributed by atoms with Crippen LogP contribution >= 0.6 is 0 Å². The molecule has 0 unspecified atom stereocenters. The Kier molecular flexibility index (Phi) is 4.34. The normalized spacial score (nSPS) is 16.4. The molecule has 4 nitrogen and oxygen atoms in total. The lowest BCUT2D eigenvalue weighted by molar-refractivity contribution is 0.230. The second-order valence-corrected chi connectivity index (χ2v) is 4.52. The fraction of sp³-hybridized carbons (Fsp3) is 0.615. The summed E-state index contributed by atoms with van der Waals surface area (Å²) >= 11 is 0. The highest BCUT2D eigenvalue weighted by atomic mass is 16.5. The summed E-state index contributed by atoms with van der Waals surface area (Å²) in [6.45, 7) is 6.53. The Labute approximate surface area is 103 Å². The molecule has 2 heterocycles. The maximum absolute atomic E-state index is 5.74. The molecular weight excluding hydrogens is 214 g/mol. The SMILES string of the molecule is Cc1ccc(CN)c(OCCN2CCCC2)n1. The summed E-state index contributed by atoms with van der Waals surface area (Å²) < 4.78 is 5.74. The third-order valence-corrected chi connectivity index (χ3v) is 3.14. The summed E-state index contributed by atoms with van der Waals surface area (Å²) in [5.74, 6) is 0.701. The van der Waals surface area contributed by atoms with Gasteiger partial charge in [0.15, 0.2) is 0 Å². The van der Waals surface area contributed by atoms with Crippen LogP contribution in [0.2, 0.25) is 0 Å². The summed E-state index contributed by atoms with van der Waals surface area (Å²) in [5, 5.41) is 0. The largest absolute Gasteiger partial charge is 0.476 e. The predicted molar refractivity (Wildman–Crippen MR) is 68.0 cm³/mol. The number of aryl methyl sites for hydroxylation is 1. The molecule has 94 valence electrons. The summed E-state index contributed by atoms with van der Waals surface area (Å²) in [7, 11) is 0. The van der Waals surface area contributed by atoms with Crippen molar-refractivity contribution in [3.63, 3.8) is 0 Å². The van der Waals surface area contributed by atoms with Crippen molar-refractivity contribution < 1.29 is 4.74 Å². The summed E-state index contributed by atoms with van der Waals surface area (Å²) in [6.07, 6.45) is 2.63. The minimum atomic E-state index is 0.478. The third-order valence-electron chi connectivity index (χ3n) is 3.14. The molecular formula is C13H21N3O. The van der Waals surface area contributed by atoms with Gasteiger partial charge in [-0.25, -0.2) is 4.98 Å². The van der Waals surface area contributed by atoms with Crippen LogP contribution in [0.3, 0.4) is 0 Å². The summed E-state index contributed by atoms with van der Waals surface area (Å²) in [4.78, 5) is 6.82. The number of hydrogen-bond acceptors (Lipinski definition) is 4. The number of pyridine rings is 1. The fourth-order valence-electron chi connectivity index (χ4n) is 2.12. The van der Waals surface area contributed by atoms with Crippen molar-refractivity contribution in [1.82, 2.24) is 9.88 Å². The number of nitrogens with two attached hydrogens (primary N) is 1. The molecule has 0 aliphatic carbocycles. The molecule has 0 aromatic carbocycles. The number of aromatic nitrogens is 1. The second kappa shape index (κ2) is 5.98. The van der Waals surface area contributed by atoms with E-state index in [1.165, 1.54) is 25.9 Å². The van der Waals surface area contributed by atoms with Crippen LogP contribution in [0.25, 0.3) is 0 Å². The first-order valence-corrected chi connectivity index (χ1v) is 6.31. The van der Waals surface area contributed by atoms with Crippen LogP contribution in [0.1, 0.15) is 24.1 Å². The zero-order valence-corrected chi connectivity index (χ0v) is 10.5. The van der Waals surface area contributed by atoms with Gasteiger partial charge >= 0.3 is 0 Å². The molecule has 0 amide bonds. The number of likely N-dealkylation sites (tertiary alicyclic amines) is 1. The topological polar surface area (TPSA) is 51.4 Å². The van der Waals surface area contributed by atoms with Crippen molar-refractivity contribution in [2.24, 2.45) is 5.73 Å². The molecule has 0 saturated carbocycles. The molecule has 1 aromatic rings. The smallest absolute Gasteiger partial charge is 0.218 e. The number of nitrogens with zero attached hydrogens (tertiary/aromatic N) is 2. The summed E-state index contributed by atoms with van der Waals surface area (Å²) in [6, 6.07) is 3.96. The van der Waals surface area contributed by atoms with Crippen molar-refractivity contribution in [1.29, 1.82) is 0 Å². The van der Waals surface area contributed by atoms with Crippen molar-refractivity contribution in [3.8, 4) is 5.88 Å². The number of ether oxygens (including phenoxy) is 1. The minimum Gasteiger partial charge on any atom is -0.476 e. The van der Waals surface area contributed by atoms with E-state index in [-0.39, 0.29) is 0 Å². The standard InChI is InChI=1S/C13H21N3O/c1-11-4-5-12(10-14)13(15-11)17-9-8-16-6-2-3-7-16/h4-5H,2-3,6-10,14H2,1H3. The lowest BCUT2D eigenvalue weighted by Gasteiger charge is -2.15. The first kappa shape index (κ1) is 12.3. The molecule has 4 heteroatoms. The third kappa shape index (κ3) is 3.41. The first-order chi connectivity index (χ1) is 8.29. The van der Waals surface area contributed by atoms with Crippen LogP contribution in [-0.2, 0) is 6.54 Å². The van der Waals surface area contributed by atoms with Crippen LogP contribution in [-0.4, -0.2) is 36.1 Å². The lowest BCUT2D eigenvalue weighted by Crippen LogP contribution is -2.25. The van der Waals surface area contributed by atoms with Crippen molar-refractivity contribution in [2.75, 3.05) is 26.2 Å². The molecule has 1 fully saturated rings. The van der Waals surface area contributed by atoms with E-state index in [4.69, 9.17) is 10.5 Å². The summed E-state index contributed by atoms with van der Waals surface area (Å²) in [5.41, 5.74) is 7.62. The van der Waals surface area contributed by atoms with Gasteiger partial charge in [-0.2, -0.15) is 0 Å². The number of rotatable bonds is 5. The molecule has 0 bridgehead atoms. The Bertz CT molecular complexity index is 362. The van der Waals surface area contributed by atoms with Gasteiger partial charge in [-0.05, 0) is 38.9 Å². The Balaban J connectivity index is 1.86. The predicted octanol–water partition coefficient (Wildman–Crippen LogP) is 1.32. The molecule has 0 atom stereocenters. The van der Waals surface area contributed by atoms with Gasteiger partial charge in [-0.3, -0.25) is 4.90 Å². The van der Waals surface area contributed by atoms with Crippen LogP contribution in [0.5, 0.6) is 5.88 Å². The monoisotopic (exact) mass is 235 g/mol. The van der Waals surface area contributed by atoms with Gasteiger partial charge in [0.1, 0.15) is 6.61 Å². The van der Waals surface area contributed by atoms with Crippen LogP contribution < -0.4 is 10.5 Å². The zero-order chi connectivity index (χ0) is 12.1. The molecule has 17 heavy (non-hydrogen) atoms. The van der Waals surface area contributed by atoms with E-state index in [1.807, 2.05) is 19.1 Å². The van der Waals surface area contributed by atoms with Gasteiger partial charge in [0.05, 0.1) is 0 Å². The molecule has 0 spiro atoms. The molecule has 1 aliphatic rings. The van der Waals surface area contributed by atoms with E-state index in [2.05, 4.69) is 9.88 Å². The Morgan fingerprint density at radius 2 is 2.12 bits per heavy atom. The highest BCUT2D eigenvalue weighted by Crippen LogP contribution is 2.15. The fourth-order valence-corrected chi connectivity index (χ4v) is 2.12. The highest BCUT2D eigenvalue weighted by molar-refractivity contribution is 5.27. The van der Waals surface area contributed by atoms with E-state index in [0.29, 0.717) is 19.0 Å². The van der Waals surface area contributed by atoms with Gasteiger partial charge in [0.25, 0.3) is 0 Å². The molecule has 1 aromatic heterocycles. The van der Waals surface area contributed by atoms with Gasteiger partial charge < -0.3 is 10.5 Å². The molecule has 2 N–H and O–H groups in total. The lowest BCUT2D eigenvalue weighted by atomic mass is 10.2. The van der Waals surface area contributed by atoms with Crippen LogP contribution in [0.15, 0.2) is 12.1 Å². The molecule has 1 saturated heterocycles. The first-order valence-electron chi connectivity index (χ1n) is 6.31. The van der Waals surface area contributed by atoms with Gasteiger partial charge in [-0.1, -0.05) is 6.07 Å². The van der Waals surface area contributed by atoms with Crippen molar-refractivity contribution in [2.45, 2.75) is 26.3 Å². The quantitative estimate of drug-likeness (QED) is 0.836. The molecule has 2 rings (SSSR count). The zero-order valence-electron chi connectivity index (χ0n) is 10.5. The molecule has 1 aliphatic heterocycles. The van der Waals surface area contributed by atoms with E-state index >= 15 is 0 Å². The van der Waals surface area contributed by atoms with E-state index in [1.54, 1.807) is 0 Å². The Hall–Kier alpha value is -1.13.